The second kappa shape index (κ2) is 10.3. The van der Waals surface area contributed by atoms with Crippen molar-refractivity contribution in [2.24, 2.45) is 0 Å². The third kappa shape index (κ3) is 5.58. The molecule has 8 nitrogen and oxygen atoms in total. The Kier molecular flexibility index (Phi) is 8.10. The number of aromatic nitrogens is 1. The van der Waals surface area contributed by atoms with Gasteiger partial charge in [-0.25, -0.2) is 9.59 Å². The molecule has 0 aliphatic rings. The van der Waals surface area contributed by atoms with E-state index in [0.717, 1.165) is 0 Å². The van der Waals surface area contributed by atoms with E-state index >= 15 is 0 Å². The number of carbonyl (C=O) groups is 3. The molecule has 9 heteroatoms. The molecule has 1 heterocycles. The monoisotopic (exact) mass is 451 g/mol. The predicted molar refractivity (Wildman–Crippen MR) is 115 cm³/mol. The zero-order valence-corrected chi connectivity index (χ0v) is 19.1. The van der Waals surface area contributed by atoms with Gasteiger partial charge in [0.05, 0.1) is 41.7 Å². The van der Waals surface area contributed by atoms with Crippen LogP contribution in [-0.4, -0.2) is 49.1 Å². The minimum atomic E-state index is -0.754. The standard InChI is InChI=1S/C22H26ClNO7/c1-7-29-22(27)18-12(4)19(24-13(18)5)16(25)10-30-21(26)14-8-15(23)20(31-11(2)3)17(9-14)28-6/h8-9,11,24H,7,10H2,1-6H3. The van der Waals surface area contributed by atoms with Gasteiger partial charge in [-0.3, -0.25) is 4.79 Å². The van der Waals surface area contributed by atoms with Crippen LogP contribution in [0.15, 0.2) is 12.1 Å². The first kappa shape index (κ1) is 24.3. The lowest BCUT2D eigenvalue weighted by Gasteiger charge is -2.16. The first-order valence-electron chi connectivity index (χ1n) is 9.71. The Labute approximate surface area is 185 Å². The summed E-state index contributed by atoms with van der Waals surface area (Å²) in [7, 11) is 1.43. The normalized spacial score (nSPS) is 10.7. The number of H-pyrrole nitrogens is 1. The van der Waals surface area contributed by atoms with Crippen LogP contribution in [0.5, 0.6) is 11.5 Å². The SMILES string of the molecule is CCOC(=O)c1c(C)[nH]c(C(=O)COC(=O)c2cc(Cl)c(OC(C)C)c(OC)c2)c1C. The number of Topliss-reactive ketones (excluding diaryl/α,β-unsaturated/α-hetero) is 1. The number of benzene rings is 1. The molecule has 0 saturated heterocycles. The molecule has 168 valence electrons. The Bertz CT molecular complexity index is 994. The molecule has 1 aromatic carbocycles. The average Bonchev–Trinajstić information content (AvgIpc) is 3.01. The molecule has 0 fully saturated rings. The maximum Gasteiger partial charge on any atom is 0.340 e. The largest absolute Gasteiger partial charge is 0.493 e. The molecule has 0 aliphatic heterocycles. The molecule has 0 bridgehead atoms. The van der Waals surface area contributed by atoms with Gasteiger partial charge < -0.3 is 23.9 Å². The van der Waals surface area contributed by atoms with Crippen molar-refractivity contribution < 1.29 is 33.3 Å². The van der Waals surface area contributed by atoms with Crippen molar-refractivity contribution in [3.05, 3.63) is 45.2 Å². The summed E-state index contributed by atoms with van der Waals surface area (Å²) in [5.74, 6) is -1.17. The second-order valence-corrected chi connectivity index (χ2v) is 7.41. The van der Waals surface area contributed by atoms with Gasteiger partial charge >= 0.3 is 11.9 Å². The summed E-state index contributed by atoms with van der Waals surface area (Å²) in [6, 6.07) is 2.82. The Hall–Kier alpha value is -3.00. The zero-order valence-electron chi connectivity index (χ0n) is 18.4. The molecular formula is C22H26ClNO7. The fourth-order valence-corrected chi connectivity index (χ4v) is 3.27. The Morgan fingerprint density at radius 2 is 1.77 bits per heavy atom. The molecule has 2 aromatic rings. The summed E-state index contributed by atoms with van der Waals surface area (Å²) in [4.78, 5) is 40.0. The van der Waals surface area contributed by atoms with E-state index in [4.69, 9.17) is 30.5 Å². The number of rotatable bonds is 9. The number of hydrogen-bond acceptors (Lipinski definition) is 7. The smallest absolute Gasteiger partial charge is 0.340 e. The highest BCUT2D eigenvalue weighted by Crippen LogP contribution is 2.37. The van der Waals surface area contributed by atoms with Crippen LogP contribution in [0.25, 0.3) is 0 Å². The number of carbonyl (C=O) groups excluding carboxylic acids is 3. The molecule has 0 amide bonds. The number of ketones is 1. The minimum absolute atomic E-state index is 0.109. The fraction of sp³-hybridized carbons (Fsp3) is 0.409. The van der Waals surface area contributed by atoms with Gasteiger partial charge in [-0.1, -0.05) is 11.6 Å². The van der Waals surface area contributed by atoms with Crippen LogP contribution >= 0.6 is 11.6 Å². The highest BCUT2D eigenvalue weighted by atomic mass is 35.5. The summed E-state index contributed by atoms with van der Waals surface area (Å²) in [6.45, 7) is 8.36. The van der Waals surface area contributed by atoms with Gasteiger partial charge in [0.1, 0.15) is 0 Å². The lowest BCUT2D eigenvalue weighted by Crippen LogP contribution is -2.16. The molecule has 1 aromatic heterocycles. The molecule has 0 atom stereocenters. The molecular weight excluding hydrogens is 426 g/mol. The molecule has 31 heavy (non-hydrogen) atoms. The first-order valence-corrected chi connectivity index (χ1v) is 10.1. The predicted octanol–water partition coefficient (Wildman–Crippen LogP) is 4.30. The van der Waals surface area contributed by atoms with Gasteiger partial charge in [0, 0.05) is 5.69 Å². The Morgan fingerprint density at radius 3 is 2.35 bits per heavy atom. The molecule has 0 spiro atoms. The van der Waals surface area contributed by atoms with Gasteiger partial charge in [0.25, 0.3) is 0 Å². The fourth-order valence-electron chi connectivity index (χ4n) is 3.01. The van der Waals surface area contributed by atoms with Crippen LogP contribution in [-0.2, 0) is 9.47 Å². The van der Waals surface area contributed by atoms with E-state index in [0.29, 0.717) is 22.6 Å². The van der Waals surface area contributed by atoms with Crippen LogP contribution in [0, 0.1) is 13.8 Å². The number of esters is 2. The molecule has 1 N–H and O–H groups in total. The summed E-state index contributed by atoms with van der Waals surface area (Å²) in [5, 5.41) is 0.182. The third-order valence-electron chi connectivity index (χ3n) is 4.35. The maximum absolute atomic E-state index is 12.6. The van der Waals surface area contributed by atoms with Gasteiger partial charge in [0.2, 0.25) is 5.78 Å². The number of halogens is 1. The van der Waals surface area contributed by atoms with Gasteiger partial charge in [-0.2, -0.15) is 0 Å². The topological polar surface area (TPSA) is 104 Å². The summed E-state index contributed by atoms with van der Waals surface area (Å²) in [5.41, 5.74) is 1.54. The summed E-state index contributed by atoms with van der Waals surface area (Å²) < 4.78 is 21.0. The van der Waals surface area contributed by atoms with E-state index in [1.807, 2.05) is 13.8 Å². The Balaban J connectivity index is 2.16. The van der Waals surface area contributed by atoms with Crippen LogP contribution in [0.2, 0.25) is 5.02 Å². The van der Waals surface area contributed by atoms with E-state index in [2.05, 4.69) is 4.98 Å². The first-order chi connectivity index (χ1) is 14.6. The quantitative estimate of drug-likeness (QED) is 0.447. The number of ether oxygens (including phenoxy) is 4. The highest BCUT2D eigenvalue weighted by molar-refractivity contribution is 6.32. The minimum Gasteiger partial charge on any atom is -0.493 e. The lowest BCUT2D eigenvalue weighted by atomic mass is 10.1. The number of nitrogens with one attached hydrogen (secondary N) is 1. The third-order valence-corrected chi connectivity index (χ3v) is 4.63. The number of aryl methyl sites for hydroxylation is 1. The van der Waals surface area contributed by atoms with Crippen molar-refractivity contribution in [1.82, 2.24) is 4.98 Å². The van der Waals surface area contributed by atoms with E-state index in [-0.39, 0.29) is 34.7 Å². The van der Waals surface area contributed by atoms with E-state index in [1.165, 1.54) is 19.2 Å². The van der Waals surface area contributed by atoms with Crippen LogP contribution in [0.4, 0.5) is 0 Å². The van der Waals surface area contributed by atoms with Crippen LogP contribution in [0.1, 0.15) is 63.2 Å². The van der Waals surface area contributed by atoms with Gasteiger partial charge in [0.15, 0.2) is 18.1 Å². The van der Waals surface area contributed by atoms with Crippen molar-refractivity contribution in [2.75, 3.05) is 20.3 Å². The molecule has 0 saturated carbocycles. The second-order valence-electron chi connectivity index (χ2n) is 7.00. The lowest BCUT2D eigenvalue weighted by molar-refractivity contribution is 0.0472. The average molecular weight is 452 g/mol. The summed E-state index contributed by atoms with van der Waals surface area (Å²) in [6.07, 6.45) is -0.145. The van der Waals surface area contributed by atoms with Gasteiger partial charge in [-0.05, 0) is 52.3 Å². The van der Waals surface area contributed by atoms with Crippen molar-refractivity contribution in [1.29, 1.82) is 0 Å². The number of methoxy groups -OCH3 is 1. The van der Waals surface area contributed by atoms with Gasteiger partial charge in [-0.15, -0.1) is 0 Å². The van der Waals surface area contributed by atoms with E-state index < -0.39 is 24.3 Å². The molecule has 2 rings (SSSR count). The Morgan fingerprint density at radius 1 is 1.10 bits per heavy atom. The van der Waals surface area contributed by atoms with E-state index in [1.54, 1.807) is 20.8 Å². The summed E-state index contributed by atoms with van der Waals surface area (Å²) >= 11 is 6.23. The number of aromatic amines is 1. The van der Waals surface area contributed by atoms with Crippen molar-refractivity contribution in [3.63, 3.8) is 0 Å². The van der Waals surface area contributed by atoms with E-state index in [9.17, 15) is 14.4 Å². The molecule has 0 aliphatic carbocycles. The van der Waals surface area contributed by atoms with Crippen molar-refractivity contribution in [2.45, 2.75) is 40.7 Å². The van der Waals surface area contributed by atoms with Crippen molar-refractivity contribution in [3.8, 4) is 11.5 Å². The maximum atomic E-state index is 12.6. The number of hydrogen-bond donors (Lipinski definition) is 1. The van der Waals surface area contributed by atoms with Crippen LogP contribution in [0.3, 0.4) is 0 Å². The molecule has 0 radical (unpaired) electrons. The molecule has 0 unspecified atom stereocenters. The van der Waals surface area contributed by atoms with Crippen LogP contribution < -0.4 is 9.47 Å². The highest BCUT2D eigenvalue weighted by Gasteiger charge is 2.24. The van der Waals surface area contributed by atoms with Crippen molar-refractivity contribution >= 4 is 29.3 Å². The zero-order chi connectivity index (χ0) is 23.3.